The molecule has 0 radical (unpaired) electrons. The second-order valence-corrected chi connectivity index (χ2v) is 26.2. The number of aliphatic carboxylic acids is 5. The number of carbonyl (C=O) groups excluding carboxylic acids is 11. The molecule has 4 aromatic carbocycles. The number of rotatable bonds is 49. The summed E-state index contributed by atoms with van der Waals surface area (Å²) >= 11 is 0. The number of ether oxygens (including phenoxy) is 1. The number of H-pyrrole nitrogens is 1. The van der Waals surface area contributed by atoms with Gasteiger partial charge in [0.25, 0.3) is 0 Å². The Morgan fingerprint density at radius 1 is 0.491 bits per heavy atom. The summed E-state index contributed by atoms with van der Waals surface area (Å²) in [4.78, 5) is 214. The van der Waals surface area contributed by atoms with E-state index in [4.69, 9.17) is 9.84 Å². The highest BCUT2D eigenvalue weighted by molar-refractivity contribution is 5.99. The molecule has 0 saturated heterocycles. The van der Waals surface area contributed by atoms with Gasteiger partial charge in [0.2, 0.25) is 59.1 Å². The number of amides is 12. The second kappa shape index (κ2) is 46.7. The summed E-state index contributed by atoms with van der Waals surface area (Å²) in [5, 5.41) is 132. The van der Waals surface area contributed by atoms with E-state index in [0.717, 1.165) is 24.0 Å². The van der Waals surface area contributed by atoms with Gasteiger partial charge in [0.05, 0.1) is 56.2 Å². The molecule has 0 aliphatic rings. The quantitative estimate of drug-likeness (QED) is 0.0177. The van der Waals surface area contributed by atoms with Crippen LogP contribution in [-0.2, 0) is 91.2 Å². The predicted octanol–water partition coefficient (Wildman–Crippen LogP) is -2.61. The van der Waals surface area contributed by atoms with Gasteiger partial charge in [-0.3, -0.25) is 62.3 Å². The molecule has 0 spiro atoms. The number of nitrogens with one attached hydrogen (secondary N) is 12. The Morgan fingerprint density at radius 2 is 0.940 bits per heavy atom. The monoisotopic (exact) mass is 1620 g/mol. The molecular weight excluding hydrogens is 1530 g/mol. The number of aromatic hydroxyl groups is 2. The number of urea groups is 1. The molecule has 0 aliphatic carbocycles. The molecule has 0 saturated carbocycles. The van der Waals surface area contributed by atoms with Crippen LogP contribution in [0.5, 0.6) is 17.2 Å². The van der Waals surface area contributed by atoms with Gasteiger partial charge in [-0.15, -0.1) is 0 Å². The van der Waals surface area contributed by atoms with Crippen LogP contribution in [0.1, 0.15) is 98.9 Å². The van der Waals surface area contributed by atoms with Crippen LogP contribution in [0.3, 0.4) is 0 Å². The fourth-order valence-electron chi connectivity index (χ4n) is 11.3. The lowest BCUT2D eigenvalue weighted by molar-refractivity contribution is -0.141. The van der Waals surface area contributed by atoms with Crippen molar-refractivity contribution in [3.63, 3.8) is 0 Å². The van der Waals surface area contributed by atoms with Crippen molar-refractivity contribution < 1.29 is 132 Å². The first kappa shape index (κ1) is 92.6. The van der Waals surface area contributed by atoms with Gasteiger partial charge in [-0.1, -0.05) is 24.3 Å². The smallest absolute Gasteiger partial charge is 0.326 e. The number of carbonyl (C=O) groups is 16. The van der Waals surface area contributed by atoms with Crippen molar-refractivity contribution in [2.75, 3.05) is 46.0 Å². The van der Waals surface area contributed by atoms with E-state index < -0.39 is 227 Å². The minimum atomic E-state index is -2.09. The summed E-state index contributed by atoms with van der Waals surface area (Å²) in [5.41, 5.74) is 1.61. The Kier molecular flexibility index (Phi) is 37.3. The normalized spacial score (nSPS) is 13.1. The summed E-state index contributed by atoms with van der Waals surface area (Å²) < 4.78 is 20.4. The molecule has 116 heavy (non-hydrogen) atoms. The molecule has 1 aromatic heterocycles. The maximum absolute atomic E-state index is 14.7. The zero-order valence-electron chi connectivity index (χ0n) is 62.2. The molecule has 42 heteroatoms. The number of halogens is 1. The number of benzene rings is 4. The number of hydrogen-bond acceptors (Lipinski definition) is 23. The van der Waals surface area contributed by atoms with Crippen LogP contribution >= 0.6 is 0 Å². The Hall–Kier alpha value is -14.0. The molecule has 12 amide bonds. The summed E-state index contributed by atoms with van der Waals surface area (Å²) in [6, 6.07) is 5.23. The van der Waals surface area contributed by atoms with Crippen molar-refractivity contribution in [1.82, 2.24) is 68.4 Å². The molecule has 0 bridgehead atoms. The second-order valence-electron chi connectivity index (χ2n) is 26.2. The fourth-order valence-corrected chi connectivity index (χ4v) is 11.3. The maximum Gasteiger partial charge on any atom is 0.326 e. The number of unbranched alkanes of at least 4 members (excludes halogenated alkanes) is 1. The SMILES string of the molecule is CC(=O)N[C@@H](Cc1ccc(O)cc1)C(=O)N[C@@H](Cc1ccc(O)cc1)C(=O)N[C@@H](CO)C(=O)N[C@@H](CO)C(=O)N[C@@H](CCC(=O)O)C(=O)N[C@@H](CCC(=O)O)C(=O)NCC(=O)N(CCCOc1cc(C#N)cc(C#N)c1)CC(=O)N[C@@H](Cc1c[nH]c2ccc(F)cc12)C(=O)NCCCC[C@H](NC(=O)N[C@@H](CCC(=O)O)C(=O)O)C(=O)O. The Morgan fingerprint density at radius 3 is 1.43 bits per heavy atom. The van der Waals surface area contributed by atoms with Gasteiger partial charge in [-0.05, 0) is 122 Å². The molecule has 0 aliphatic heterocycles. The first-order valence-corrected chi connectivity index (χ1v) is 35.8. The summed E-state index contributed by atoms with van der Waals surface area (Å²) in [7, 11) is 0. The van der Waals surface area contributed by atoms with Gasteiger partial charge in [0, 0.05) is 75.6 Å². The molecule has 0 unspecified atom stereocenters. The Labute approximate surface area is 659 Å². The lowest BCUT2D eigenvalue weighted by Crippen LogP contribution is -2.61. The first-order valence-electron chi connectivity index (χ1n) is 35.8. The zero-order chi connectivity index (χ0) is 85.7. The maximum atomic E-state index is 14.7. The number of carboxylic acid groups (broad SMARTS) is 5. The molecule has 21 N–H and O–H groups in total. The van der Waals surface area contributed by atoms with Crippen molar-refractivity contribution in [3.05, 3.63) is 125 Å². The average molecular weight is 1620 g/mol. The first-order chi connectivity index (χ1) is 55.1. The highest BCUT2D eigenvalue weighted by atomic mass is 19.1. The van der Waals surface area contributed by atoms with Crippen molar-refractivity contribution >= 4 is 106 Å². The van der Waals surface area contributed by atoms with Crippen LogP contribution in [0, 0.1) is 28.5 Å². The van der Waals surface area contributed by atoms with E-state index in [2.05, 4.69) is 58.2 Å². The standard InChI is InChI=1S/C74H88FN15O26/c1-39(93)81-55(28-40-6-11-46(94)12-7-40)68(107)85-56(29-41-8-13-47(95)14-9-41)69(108)86-59(38-92)71(110)87-58(37-91)70(109)84-52(17-20-63(100)101)67(106)83-51(16-19-62(98)99)65(104)80-35-61(97)90(23-4-24-116-48-26-42(32-76)25-43(27-48)33-77)36-60(96)82-57(30-44-34-79-50-15-10-45(75)31-49(44)50)66(105)78-22-3-2-5-53(72(111)112)88-74(115)89-54(73(113)114)18-21-64(102)103/h6-15,25-27,31,34,51-59,79,91-92,94-95H,2-5,16-24,28-30,35-38H2,1H3,(H,78,105)(H,80,104)(H,81,93)(H,82,96)(H,83,106)(H,84,109)(H,85,107)(H,86,108)(H,87,110)(H,98,99)(H,100,101)(H,102,103)(H,111,112)(H,113,114)(H2,88,89,115)/t51-,52-,53-,54-,55-,56-,57-,58-,59-/m0/s1. The van der Waals surface area contributed by atoms with Crippen LogP contribution in [0.4, 0.5) is 9.18 Å². The number of hydrogen-bond donors (Lipinski definition) is 21. The third-order valence-electron chi connectivity index (χ3n) is 17.3. The number of fused-ring (bicyclic) bond motifs is 1. The van der Waals surface area contributed by atoms with Gasteiger partial charge in [-0.2, -0.15) is 10.5 Å². The number of aliphatic hydroxyl groups excluding tert-OH is 2. The third kappa shape index (κ3) is 32.0. The van der Waals surface area contributed by atoms with Gasteiger partial charge in [-0.25, -0.2) is 18.8 Å². The average Bonchev–Trinajstić information content (AvgIpc) is 1.66. The number of carboxylic acids is 5. The molecule has 9 atom stereocenters. The summed E-state index contributed by atoms with van der Waals surface area (Å²) in [6.45, 7) is -4.23. The van der Waals surface area contributed by atoms with E-state index in [-0.39, 0.29) is 91.9 Å². The number of phenolic OH excluding ortho intramolecular Hbond substituents is 2. The van der Waals surface area contributed by atoms with Crippen LogP contribution in [0.15, 0.2) is 91.1 Å². The Bertz CT molecular complexity index is 4420. The number of aromatic amines is 1. The van der Waals surface area contributed by atoms with E-state index in [1.807, 2.05) is 17.5 Å². The van der Waals surface area contributed by atoms with E-state index in [9.17, 15) is 132 Å². The van der Waals surface area contributed by atoms with E-state index in [0.29, 0.717) is 22.2 Å². The largest absolute Gasteiger partial charge is 0.508 e. The number of nitrogens with zero attached hydrogens (tertiary/aromatic N) is 3. The molecular formula is C74H88FN15O26. The van der Waals surface area contributed by atoms with Gasteiger partial charge in [0.15, 0.2) is 0 Å². The predicted molar refractivity (Wildman–Crippen MR) is 397 cm³/mol. The lowest BCUT2D eigenvalue weighted by atomic mass is 10.0. The summed E-state index contributed by atoms with van der Waals surface area (Å²) in [6.07, 6.45) is -4.30. The highest BCUT2D eigenvalue weighted by Gasteiger charge is 2.36. The molecule has 41 nitrogen and oxygen atoms in total. The van der Waals surface area contributed by atoms with E-state index >= 15 is 0 Å². The molecule has 1 heterocycles. The lowest BCUT2D eigenvalue weighted by Gasteiger charge is -2.27. The number of aromatic nitrogens is 1. The van der Waals surface area contributed by atoms with Crippen LogP contribution in [-0.4, -0.2) is 251 Å². The topological polar surface area (TPSA) is 663 Å². The van der Waals surface area contributed by atoms with E-state index in [1.54, 1.807) is 0 Å². The highest BCUT2D eigenvalue weighted by Crippen LogP contribution is 2.23. The molecule has 0 fully saturated rings. The number of phenols is 2. The summed E-state index contributed by atoms with van der Waals surface area (Å²) in [5.74, 6) is -19.6. The molecule has 5 rings (SSSR count). The van der Waals surface area contributed by atoms with Gasteiger partial charge < -0.3 is 119 Å². The van der Waals surface area contributed by atoms with Crippen LogP contribution in [0.2, 0.25) is 0 Å². The number of nitriles is 2. The third-order valence-corrected chi connectivity index (χ3v) is 17.3. The van der Waals surface area contributed by atoms with Crippen molar-refractivity contribution in [1.29, 1.82) is 10.5 Å². The minimum Gasteiger partial charge on any atom is -0.508 e. The van der Waals surface area contributed by atoms with Gasteiger partial charge >= 0.3 is 35.9 Å². The molecule has 622 valence electrons. The van der Waals surface area contributed by atoms with Crippen molar-refractivity contribution in [2.45, 2.75) is 145 Å². The molecule has 5 aromatic rings. The van der Waals surface area contributed by atoms with Crippen LogP contribution in [0.25, 0.3) is 10.9 Å². The zero-order valence-corrected chi connectivity index (χ0v) is 62.2. The number of aliphatic hydroxyl groups is 2. The Balaban J connectivity index is 1.33. The van der Waals surface area contributed by atoms with Gasteiger partial charge in [0.1, 0.15) is 77.4 Å². The van der Waals surface area contributed by atoms with Crippen molar-refractivity contribution in [3.8, 4) is 29.4 Å². The van der Waals surface area contributed by atoms with Crippen LogP contribution < -0.4 is 63.2 Å². The van der Waals surface area contributed by atoms with Crippen molar-refractivity contribution in [2.24, 2.45) is 0 Å². The van der Waals surface area contributed by atoms with E-state index in [1.165, 1.54) is 79.0 Å². The minimum absolute atomic E-state index is 0.00989. The fraction of sp³-hybridized carbons (Fsp3) is 0.405.